The number of rotatable bonds is 6. The van der Waals surface area contributed by atoms with E-state index in [4.69, 9.17) is 16.3 Å². The summed E-state index contributed by atoms with van der Waals surface area (Å²) in [6.07, 6.45) is 2.58. The number of ether oxygens (including phenoxy) is 1. The number of benzene rings is 2. The molecule has 3 atom stereocenters. The van der Waals surface area contributed by atoms with Crippen LogP contribution in [0.25, 0.3) is 0 Å². The van der Waals surface area contributed by atoms with E-state index in [0.717, 1.165) is 81.4 Å². The lowest BCUT2D eigenvalue weighted by atomic mass is 9.77. The predicted octanol–water partition coefficient (Wildman–Crippen LogP) is 7.45. The maximum Gasteiger partial charge on any atom is 0.416 e. The van der Waals surface area contributed by atoms with Gasteiger partial charge in [0.2, 0.25) is 0 Å². The van der Waals surface area contributed by atoms with Crippen molar-refractivity contribution >= 4 is 23.4 Å². The number of halogens is 4. The molecule has 2 aliphatic rings. The predicted molar refractivity (Wildman–Crippen MR) is 132 cm³/mol. The van der Waals surface area contributed by atoms with Gasteiger partial charge in [-0.25, -0.2) is 4.79 Å². The molecule has 35 heavy (non-hydrogen) atoms. The normalized spacial score (nSPS) is 23.1. The van der Waals surface area contributed by atoms with E-state index in [1.54, 1.807) is 18.2 Å². The zero-order valence-electron chi connectivity index (χ0n) is 19.7. The smallest absolute Gasteiger partial charge is 0.416 e. The third-order valence-electron chi connectivity index (χ3n) is 7.24. The molecule has 4 nitrogen and oxygen atoms in total. The summed E-state index contributed by atoms with van der Waals surface area (Å²) >= 11 is 6.15. The number of amides is 1. The first kappa shape index (κ1) is 25.7. The first-order chi connectivity index (χ1) is 16.8. The van der Waals surface area contributed by atoms with Crippen molar-refractivity contribution in [3.05, 3.63) is 64.7 Å². The van der Waals surface area contributed by atoms with Gasteiger partial charge < -0.3 is 15.0 Å². The van der Waals surface area contributed by atoms with Crippen LogP contribution in [-0.2, 0) is 17.5 Å². The standard InChI is InChI=1S/C27H32ClF3N2O2/c28-24-9-3-1-8-21(24)18-35-26(34)32-25-10-4-2-7-20(25)16-19-6-5-15-33(17-19)23-13-11-22(12-14-23)27(29,30)31/h1,3,8-9,11-14,19-20,25H,2,4-7,10,15-18H2,(H,32,34)/t19-,20+,25-/m1/s1. The number of anilines is 1. The molecule has 2 aromatic carbocycles. The number of hydrogen-bond donors (Lipinski definition) is 1. The Bertz CT molecular complexity index is 983. The summed E-state index contributed by atoms with van der Waals surface area (Å²) in [5, 5.41) is 3.66. The van der Waals surface area contributed by atoms with E-state index < -0.39 is 17.8 Å². The second kappa shape index (κ2) is 11.5. The van der Waals surface area contributed by atoms with E-state index in [0.29, 0.717) is 16.9 Å². The lowest BCUT2D eigenvalue weighted by molar-refractivity contribution is -0.137. The zero-order valence-corrected chi connectivity index (χ0v) is 20.5. The molecule has 1 saturated carbocycles. The Kier molecular flexibility index (Phi) is 8.47. The van der Waals surface area contributed by atoms with Crippen LogP contribution in [0.3, 0.4) is 0 Å². The van der Waals surface area contributed by atoms with Crippen LogP contribution in [0.15, 0.2) is 48.5 Å². The molecule has 0 bridgehead atoms. The van der Waals surface area contributed by atoms with E-state index in [1.165, 1.54) is 0 Å². The van der Waals surface area contributed by atoms with E-state index in [9.17, 15) is 18.0 Å². The van der Waals surface area contributed by atoms with E-state index in [2.05, 4.69) is 10.2 Å². The van der Waals surface area contributed by atoms with Gasteiger partial charge in [-0.05, 0) is 74.3 Å². The van der Waals surface area contributed by atoms with Gasteiger partial charge in [-0.1, -0.05) is 42.6 Å². The summed E-state index contributed by atoms with van der Waals surface area (Å²) in [4.78, 5) is 14.7. The highest BCUT2D eigenvalue weighted by Gasteiger charge is 2.32. The fourth-order valence-corrected chi connectivity index (χ4v) is 5.60. The Hall–Kier alpha value is -2.41. The average molecular weight is 509 g/mol. The van der Waals surface area contributed by atoms with Crippen molar-refractivity contribution in [2.75, 3.05) is 18.0 Å². The Labute approximate surface area is 209 Å². The van der Waals surface area contributed by atoms with E-state index in [-0.39, 0.29) is 12.6 Å². The minimum Gasteiger partial charge on any atom is -0.445 e. The largest absolute Gasteiger partial charge is 0.445 e. The lowest BCUT2D eigenvalue weighted by Crippen LogP contribution is -2.44. The molecule has 2 fully saturated rings. The van der Waals surface area contributed by atoms with Crippen LogP contribution in [0, 0.1) is 11.8 Å². The molecule has 1 heterocycles. The van der Waals surface area contributed by atoms with Crippen molar-refractivity contribution in [3.8, 4) is 0 Å². The Morgan fingerprint density at radius 3 is 2.51 bits per heavy atom. The molecular weight excluding hydrogens is 477 g/mol. The van der Waals surface area contributed by atoms with E-state index >= 15 is 0 Å². The van der Waals surface area contributed by atoms with Crippen molar-refractivity contribution in [2.24, 2.45) is 11.8 Å². The van der Waals surface area contributed by atoms with E-state index in [1.807, 2.05) is 18.2 Å². The third-order valence-corrected chi connectivity index (χ3v) is 7.61. The van der Waals surface area contributed by atoms with Gasteiger partial charge in [0.1, 0.15) is 6.61 Å². The van der Waals surface area contributed by atoms with Crippen LogP contribution in [0.2, 0.25) is 5.02 Å². The molecule has 1 amide bonds. The van der Waals surface area contributed by atoms with Crippen LogP contribution in [0.5, 0.6) is 0 Å². The summed E-state index contributed by atoms with van der Waals surface area (Å²) in [7, 11) is 0. The van der Waals surface area contributed by atoms with Gasteiger partial charge in [-0.15, -0.1) is 0 Å². The number of hydrogen-bond acceptors (Lipinski definition) is 3. The molecule has 1 aliphatic heterocycles. The highest BCUT2D eigenvalue weighted by atomic mass is 35.5. The Morgan fingerprint density at radius 2 is 1.77 bits per heavy atom. The maximum atomic E-state index is 12.9. The minimum absolute atomic E-state index is 0.0731. The highest BCUT2D eigenvalue weighted by Crippen LogP contribution is 2.35. The first-order valence-corrected chi connectivity index (χ1v) is 12.8. The monoisotopic (exact) mass is 508 g/mol. The molecule has 8 heteroatoms. The zero-order chi connectivity index (χ0) is 24.8. The number of alkyl halides is 3. The van der Waals surface area contributed by atoms with Crippen molar-refractivity contribution in [3.63, 3.8) is 0 Å². The molecule has 4 rings (SSSR count). The molecule has 1 aliphatic carbocycles. The van der Waals surface area contributed by atoms with Crippen molar-refractivity contribution in [1.29, 1.82) is 0 Å². The van der Waals surface area contributed by atoms with Gasteiger partial charge in [0.15, 0.2) is 0 Å². The number of alkyl carbamates (subject to hydrolysis) is 1. The SMILES string of the molecule is O=C(N[C@@H]1CCCC[C@H]1C[C@H]1CCCN(c2ccc(C(F)(F)F)cc2)C1)OCc1ccccc1Cl. The quantitative estimate of drug-likeness (QED) is 0.440. The average Bonchev–Trinajstić information content (AvgIpc) is 2.84. The fraction of sp³-hybridized carbons (Fsp3) is 0.519. The second-order valence-corrected chi connectivity index (χ2v) is 10.1. The van der Waals surface area contributed by atoms with Crippen molar-refractivity contribution < 1.29 is 22.7 Å². The summed E-state index contributed by atoms with van der Waals surface area (Å²) < 4.78 is 44.2. The number of nitrogens with zero attached hydrogens (tertiary/aromatic N) is 1. The molecule has 1 N–H and O–H groups in total. The van der Waals surface area contributed by atoms with Crippen molar-refractivity contribution in [2.45, 2.75) is 63.8 Å². The highest BCUT2D eigenvalue weighted by molar-refractivity contribution is 6.31. The lowest BCUT2D eigenvalue weighted by Gasteiger charge is -2.39. The second-order valence-electron chi connectivity index (χ2n) is 9.70. The topological polar surface area (TPSA) is 41.6 Å². The van der Waals surface area contributed by atoms with Crippen molar-refractivity contribution in [1.82, 2.24) is 5.32 Å². The molecule has 0 radical (unpaired) electrons. The molecular formula is C27H32ClF3N2O2. The van der Waals surface area contributed by atoms with Gasteiger partial charge in [-0.3, -0.25) is 0 Å². The Balaban J connectivity index is 1.31. The van der Waals surface area contributed by atoms with Gasteiger partial charge in [0.25, 0.3) is 0 Å². The molecule has 0 aromatic heterocycles. The first-order valence-electron chi connectivity index (χ1n) is 12.4. The van der Waals surface area contributed by atoms with Crippen LogP contribution < -0.4 is 10.2 Å². The van der Waals surface area contributed by atoms with Crippen LogP contribution in [0.1, 0.15) is 56.1 Å². The minimum atomic E-state index is -4.32. The van der Waals surface area contributed by atoms with Crippen LogP contribution in [0.4, 0.5) is 23.7 Å². The van der Waals surface area contributed by atoms with Gasteiger partial charge in [-0.2, -0.15) is 13.2 Å². The maximum absolute atomic E-state index is 12.9. The van der Waals surface area contributed by atoms with Crippen LogP contribution in [-0.4, -0.2) is 25.2 Å². The fourth-order valence-electron chi connectivity index (χ4n) is 5.41. The molecule has 1 saturated heterocycles. The van der Waals surface area contributed by atoms with Gasteiger partial charge >= 0.3 is 12.3 Å². The van der Waals surface area contributed by atoms with Crippen LogP contribution >= 0.6 is 11.6 Å². The summed E-state index contributed by atoms with van der Waals surface area (Å²) in [6, 6.07) is 12.8. The van der Waals surface area contributed by atoms with Gasteiger partial charge in [0.05, 0.1) is 5.56 Å². The molecule has 190 valence electrons. The molecule has 2 aromatic rings. The molecule has 0 unspecified atom stereocenters. The summed E-state index contributed by atoms with van der Waals surface area (Å²) in [6.45, 7) is 1.81. The number of carbonyl (C=O) groups is 1. The van der Waals surface area contributed by atoms with Gasteiger partial charge in [0, 0.05) is 35.4 Å². The third kappa shape index (κ3) is 7.06. The number of carbonyl (C=O) groups excluding carboxylic acids is 1. The summed E-state index contributed by atoms with van der Waals surface area (Å²) in [5.74, 6) is 0.812. The summed E-state index contributed by atoms with van der Waals surface area (Å²) in [5.41, 5.74) is 0.992. The number of nitrogens with one attached hydrogen (secondary N) is 1. The number of piperidine rings is 1. The Morgan fingerprint density at radius 1 is 1.03 bits per heavy atom. The molecule has 0 spiro atoms.